The van der Waals surface area contributed by atoms with Crippen LogP contribution in [-0.4, -0.2) is 30.2 Å². The minimum absolute atomic E-state index is 0.0578. The molecule has 0 radical (unpaired) electrons. The van der Waals surface area contributed by atoms with Crippen molar-refractivity contribution in [1.29, 1.82) is 0 Å². The van der Waals surface area contributed by atoms with Crippen LogP contribution in [0.2, 0.25) is 5.02 Å². The molecule has 1 amide bonds. The highest BCUT2D eigenvalue weighted by Gasteiger charge is 2.47. The number of aromatic hydroxyl groups is 1. The highest BCUT2D eigenvalue weighted by Crippen LogP contribution is 2.52. The summed E-state index contributed by atoms with van der Waals surface area (Å²) in [6.07, 6.45) is 0.378. The molecule has 0 aliphatic carbocycles. The number of phenols is 1. The molecule has 10 heteroatoms. The molecule has 6 rings (SSSR count). The standard InChI is InChI=1S/C34H32ClN3O5S/c1-21-9-7-12-25(36-21)33(40)38-27-13-8-14-28(39)30(27)37-26-18-34(2,3)20-44(41,42)32(26)31(38)23-15-16-29(24(35)17-23)43-19-22-10-5-4-6-11-22/h4-17,31,37,39H,18-20H2,1-3H3. The van der Waals surface area contributed by atoms with Gasteiger partial charge in [0.25, 0.3) is 5.91 Å². The molecule has 0 bridgehead atoms. The SMILES string of the molecule is Cc1cccc(C(=O)N2c3cccc(O)c3NC3=C(C2c2ccc(OCc4ccccc4)c(Cl)c2)S(=O)(=O)CC(C)(C)C3)n1. The van der Waals surface area contributed by atoms with Crippen molar-refractivity contribution in [2.75, 3.05) is 16.0 Å². The number of allylic oxidation sites excluding steroid dienone is 1. The fraction of sp³-hybridized carbons (Fsp3) is 0.235. The van der Waals surface area contributed by atoms with Crippen LogP contribution in [0.25, 0.3) is 0 Å². The number of carbonyl (C=O) groups is 1. The molecule has 3 aromatic carbocycles. The van der Waals surface area contributed by atoms with Gasteiger partial charge in [0.1, 0.15) is 35.5 Å². The molecule has 44 heavy (non-hydrogen) atoms. The summed E-state index contributed by atoms with van der Waals surface area (Å²) >= 11 is 6.78. The first-order valence-corrected chi connectivity index (χ1v) is 16.2. The number of anilines is 2. The first-order chi connectivity index (χ1) is 20.9. The van der Waals surface area contributed by atoms with Crippen molar-refractivity contribution >= 4 is 38.7 Å². The Labute approximate surface area is 261 Å². The first kappa shape index (κ1) is 29.7. The molecule has 4 aromatic rings. The molecule has 0 fully saturated rings. The number of sulfone groups is 1. The first-order valence-electron chi connectivity index (χ1n) is 14.2. The minimum atomic E-state index is -3.92. The number of hydrogen-bond acceptors (Lipinski definition) is 7. The molecule has 2 aliphatic rings. The van der Waals surface area contributed by atoms with Gasteiger partial charge in [-0.2, -0.15) is 0 Å². The van der Waals surface area contributed by atoms with Crippen molar-refractivity contribution in [2.24, 2.45) is 5.41 Å². The number of amides is 1. The Balaban J connectivity index is 1.56. The maximum Gasteiger partial charge on any atom is 0.277 e. The van der Waals surface area contributed by atoms with Crippen LogP contribution in [0.5, 0.6) is 11.5 Å². The van der Waals surface area contributed by atoms with Crippen LogP contribution in [0.4, 0.5) is 11.4 Å². The van der Waals surface area contributed by atoms with E-state index in [0.29, 0.717) is 41.4 Å². The van der Waals surface area contributed by atoms with Gasteiger partial charge in [0.2, 0.25) is 0 Å². The van der Waals surface area contributed by atoms with E-state index in [1.165, 1.54) is 11.0 Å². The Hall–Kier alpha value is -4.34. The van der Waals surface area contributed by atoms with Gasteiger partial charge in [0, 0.05) is 11.4 Å². The lowest BCUT2D eigenvalue weighted by Gasteiger charge is -2.37. The van der Waals surface area contributed by atoms with Crippen molar-refractivity contribution in [2.45, 2.75) is 39.8 Å². The third-order valence-electron chi connectivity index (χ3n) is 7.77. The molecule has 0 saturated heterocycles. The summed E-state index contributed by atoms with van der Waals surface area (Å²) in [5, 5.41) is 14.5. The molecule has 1 atom stereocenters. The van der Waals surface area contributed by atoms with Crippen LogP contribution in [0.3, 0.4) is 0 Å². The van der Waals surface area contributed by atoms with Crippen LogP contribution in [0, 0.1) is 12.3 Å². The number of pyridine rings is 1. The number of ether oxygens (including phenoxy) is 1. The second-order valence-electron chi connectivity index (χ2n) is 11.9. The molecule has 0 spiro atoms. The number of carbonyl (C=O) groups excluding carboxylic acids is 1. The average Bonchev–Trinajstić information content (AvgIpc) is 3.11. The summed E-state index contributed by atoms with van der Waals surface area (Å²) in [7, 11) is -3.92. The highest BCUT2D eigenvalue weighted by atomic mass is 35.5. The van der Waals surface area contributed by atoms with Crippen molar-refractivity contribution in [3.8, 4) is 11.5 Å². The number of aromatic nitrogens is 1. The summed E-state index contributed by atoms with van der Waals surface area (Å²) < 4.78 is 34.4. The second-order valence-corrected chi connectivity index (χ2v) is 14.3. The summed E-state index contributed by atoms with van der Waals surface area (Å²) in [6.45, 7) is 5.84. The smallest absolute Gasteiger partial charge is 0.277 e. The Morgan fingerprint density at radius 1 is 1.07 bits per heavy atom. The molecule has 226 valence electrons. The lowest BCUT2D eigenvalue weighted by atomic mass is 9.88. The maximum atomic E-state index is 14.5. The number of benzene rings is 3. The number of nitrogens with one attached hydrogen (secondary N) is 1. The fourth-order valence-electron chi connectivity index (χ4n) is 5.95. The van der Waals surface area contributed by atoms with Gasteiger partial charge in [-0.05, 0) is 66.3 Å². The van der Waals surface area contributed by atoms with Gasteiger partial charge >= 0.3 is 0 Å². The van der Waals surface area contributed by atoms with Gasteiger partial charge in [-0.1, -0.05) is 74.0 Å². The van der Waals surface area contributed by atoms with Crippen molar-refractivity contribution in [3.63, 3.8) is 0 Å². The summed E-state index contributed by atoms with van der Waals surface area (Å²) in [6, 6.07) is 23.5. The molecule has 2 aliphatic heterocycles. The van der Waals surface area contributed by atoms with Gasteiger partial charge < -0.3 is 15.2 Å². The Morgan fingerprint density at radius 2 is 1.82 bits per heavy atom. The van der Waals surface area contributed by atoms with E-state index in [4.69, 9.17) is 16.3 Å². The van der Waals surface area contributed by atoms with Crippen LogP contribution < -0.4 is 15.0 Å². The number of rotatable bonds is 5. The Morgan fingerprint density at radius 3 is 2.55 bits per heavy atom. The van der Waals surface area contributed by atoms with Gasteiger partial charge in [-0.25, -0.2) is 13.4 Å². The lowest BCUT2D eigenvalue weighted by Crippen LogP contribution is -2.41. The number of phenolic OH excluding ortho intramolecular Hbond substituents is 1. The third-order valence-corrected chi connectivity index (χ3v) is 10.4. The van der Waals surface area contributed by atoms with Gasteiger partial charge in [-0.15, -0.1) is 0 Å². The number of fused-ring (bicyclic) bond motifs is 1. The maximum absolute atomic E-state index is 14.5. The molecule has 3 heterocycles. The fourth-order valence-corrected chi connectivity index (χ4v) is 8.56. The average molecular weight is 630 g/mol. The molecule has 8 nitrogen and oxygen atoms in total. The predicted octanol–water partition coefficient (Wildman–Crippen LogP) is 7.20. The van der Waals surface area contributed by atoms with E-state index in [2.05, 4.69) is 10.3 Å². The Bertz CT molecular complexity index is 1910. The molecule has 1 aromatic heterocycles. The molecular weight excluding hydrogens is 598 g/mol. The Kier molecular flexibility index (Phi) is 7.63. The second kappa shape index (κ2) is 11.3. The van der Waals surface area contributed by atoms with Crippen LogP contribution in [0.1, 0.15) is 53.6 Å². The lowest BCUT2D eigenvalue weighted by molar-refractivity contribution is 0.0975. The van der Waals surface area contributed by atoms with E-state index < -0.39 is 27.2 Å². The number of hydrogen-bond donors (Lipinski definition) is 2. The van der Waals surface area contributed by atoms with Gasteiger partial charge in [-0.3, -0.25) is 9.69 Å². The zero-order valence-electron chi connectivity index (χ0n) is 24.5. The zero-order valence-corrected chi connectivity index (χ0v) is 26.1. The summed E-state index contributed by atoms with van der Waals surface area (Å²) in [4.78, 5) is 20.4. The quantitative estimate of drug-likeness (QED) is 0.225. The summed E-state index contributed by atoms with van der Waals surface area (Å²) in [5.74, 6) is -0.338. The number of para-hydroxylation sites is 1. The number of halogens is 1. The number of nitrogens with zero attached hydrogens (tertiary/aromatic N) is 2. The van der Waals surface area contributed by atoms with E-state index in [-0.39, 0.29) is 32.8 Å². The van der Waals surface area contributed by atoms with E-state index in [9.17, 15) is 18.3 Å². The van der Waals surface area contributed by atoms with E-state index in [0.717, 1.165) is 5.56 Å². The third kappa shape index (κ3) is 5.65. The van der Waals surface area contributed by atoms with Crippen LogP contribution in [-0.2, 0) is 16.4 Å². The molecule has 2 N–H and O–H groups in total. The topological polar surface area (TPSA) is 109 Å². The molecular formula is C34H32ClN3O5S. The van der Waals surface area contributed by atoms with E-state index in [1.54, 1.807) is 55.5 Å². The van der Waals surface area contributed by atoms with E-state index >= 15 is 0 Å². The number of aryl methyl sites for hydroxylation is 1. The van der Waals surface area contributed by atoms with Gasteiger partial charge in [0.05, 0.1) is 21.4 Å². The van der Waals surface area contributed by atoms with Crippen molar-refractivity contribution < 1.29 is 23.1 Å². The highest BCUT2D eigenvalue weighted by molar-refractivity contribution is 7.95. The normalized spacial score (nSPS) is 18.5. The summed E-state index contributed by atoms with van der Waals surface area (Å²) in [5.41, 5.74) is 2.58. The predicted molar refractivity (Wildman–Crippen MR) is 172 cm³/mol. The van der Waals surface area contributed by atoms with E-state index in [1.807, 2.05) is 44.2 Å². The van der Waals surface area contributed by atoms with Crippen LogP contribution in [0.15, 0.2) is 95.5 Å². The minimum Gasteiger partial charge on any atom is -0.506 e. The zero-order chi connectivity index (χ0) is 31.2. The largest absolute Gasteiger partial charge is 0.506 e. The van der Waals surface area contributed by atoms with Crippen molar-refractivity contribution in [1.82, 2.24) is 4.98 Å². The monoisotopic (exact) mass is 629 g/mol. The van der Waals surface area contributed by atoms with Gasteiger partial charge in [0.15, 0.2) is 9.84 Å². The van der Waals surface area contributed by atoms with Crippen LogP contribution >= 0.6 is 11.6 Å². The van der Waals surface area contributed by atoms with Crippen molar-refractivity contribution in [3.05, 3.63) is 123 Å². The molecule has 1 unspecified atom stereocenters. The molecule has 0 saturated carbocycles.